The summed E-state index contributed by atoms with van der Waals surface area (Å²) >= 11 is 0. The molecule has 11 heteroatoms. The van der Waals surface area contributed by atoms with Crippen molar-refractivity contribution in [1.82, 2.24) is 10.2 Å². The van der Waals surface area contributed by atoms with Crippen molar-refractivity contribution in [3.05, 3.63) is 123 Å². The quantitative estimate of drug-likeness (QED) is 0.144. The van der Waals surface area contributed by atoms with Gasteiger partial charge in [-0.05, 0) is 38.5 Å². The number of dihydropyridines is 1. The molecule has 0 saturated heterocycles. The van der Waals surface area contributed by atoms with E-state index in [1.165, 1.54) is 6.92 Å². The Kier molecular flexibility index (Phi) is 8.60. The molecule has 0 spiro atoms. The van der Waals surface area contributed by atoms with Gasteiger partial charge in [-0.2, -0.15) is 0 Å². The molecule has 0 aliphatic carbocycles. The van der Waals surface area contributed by atoms with Crippen molar-refractivity contribution in [2.24, 2.45) is 0 Å². The van der Waals surface area contributed by atoms with Crippen LogP contribution in [0.3, 0.4) is 0 Å². The number of Topliss-reactive ketones (excluding diaryl/α,β-unsaturated/α-hetero) is 1. The van der Waals surface area contributed by atoms with Crippen molar-refractivity contribution in [3.63, 3.8) is 0 Å². The minimum atomic E-state index is -2.35. The number of carbonyl (C=O) groups excluding carboxylic acids is 2. The minimum absolute atomic E-state index is 0.0406. The summed E-state index contributed by atoms with van der Waals surface area (Å²) in [6, 6.07) is 17.9. The zero-order valence-corrected chi connectivity index (χ0v) is 24.1. The summed E-state index contributed by atoms with van der Waals surface area (Å²) in [6.45, 7) is 4.56. The molecule has 0 radical (unpaired) electrons. The molecule has 0 amide bonds. The molecule has 0 saturated carbocycles. The molecular formula is C33H29F5N2O4. The normalized spacial score (nSPS) is 17.4. The van der Waals surface area contributed by atoms with E-state index in [1.807, 2.05) is 30.3 Å². The second-order valence-corrected chi connectivity index (χ2v) is 11.3. The zero-order chi connectivity index (χ0) is 31.8. The minimum Gasteiger partial charge on any atom is -0.484 e. The summed E-state index contributed by atoms with van der Waals surface area (Å²) in [6.07, 6.45) is 0. The molecule has 1 atom stereocenters. The second-order valence-electron chi connectivity index (χ2n) is 11.3. The third kappa shape index (κ3) is 6.10. The molecule has 0 bridgehead atoms. The monoisotopic (exact) mass is 612 g/mol. The number of ether oxygens (including phenoxy) is 2. The van der Waals surface area contributed by atoms with Crippen LogP contribution in [0.2, 0.25) is 0 Å². The molecule has 0 aromatic heterocycles. The molecule has 5 rings (SSSR count). The third-order valence-electron chi connectivity index (χ3n) is 7.38. The van der Waals surface area contributed by atoms with E-state index in [0.717, 1.165) is 5.56 Å². The number of esters is 1. The van der Waals surface area contributed by atoms with Crippen LogP contribution in [-0.4, -0.2) is 41.9 Å². The van der Waals surface area contributed by atoms with Crippen molar-refractivity contribution in [2.75, 3.05) is 19.7 Å². The number of allylic oxidation sites excluding steroid dienone is 1. The van der Waals surface area contributed by atoms with Crippen LogP contribution in [-0.2, 0) is 20.9 Å². The number of ketones is 1. The Morgan fingerprint density at radius 2 is 1.45 bits per heavy atom. The van der Waals surface area contributed by atoms with E-state index in [1.54, 1.807) is 49.1 Å². The molecule has 2 aliphatic rings. The molecule has 2 aliphatic heterocycles. The van der Waals surface area contributed by atoms with Gasteiger partial charge in [0.25, 0.3) is 0 Å². The van der Waals surface area contributed by atoms with E-state index in [2.05, 4.69) is 5.32 Å². The smallest absolute Gasteiger partial charge is 0.336 e. The number of carbonyl (C=O) groups is 2. The highest BCUT2D eigenvalue weighted by molar-refractivity contribution is 6.04. The molecule has 230 valence electrons. The van der Waals surface area contributed by atoms with Gasteiger partial charge in [0, 0.05) is 35.6 Å². The van der Waals surface area contributed by atoms with Crippen LogP contribution < -0.4 is 10.1 Å². The number of hydrogen-bond acceptors (Lipinski definition) is 6. The largest absolute Gasteiger partial charge is 0.484 e. The van der Waals surface area contributed by atoms with Crippen molar-refractivity contribution >= 4 is 11.8 Å². The van der Waals surface area contributed by atoms with Crippen LogP contribution in [0.1, 0.15) is 37.8 Å². The maximum atomic E-state index is 15.3. The van der Waals surface area contributed by atoms with Gasteiger partial charge in [-0.3, -0.25) is 9.69 Å². The molecule has 1 unspecified atom stereocenters. The first-order valence-electron chi connectivity index (χ1n) is 13.8. The average molecular weight is 613 g/mol. The maximum absolute atomic E-state index is 15.3. The summed E-state index contributed by atoms with van der Waals surface area (Å²) in [7, 11) is 0. The number of halogens is 5. The Morgan fingerprint density at radius 3 is 2.07 bits per heavy atom. The van der Waals surface area contributed by atoms with Crippen LogP contribution in [0.4, 0.5) is 22.0 Å². The highest BCUT2D eigenvalue weighted by atomic mass is 19.2. The fourth-order valence-corrected chi connectivity index (χ4v) is 5.46. The van der Waals surface area contributed by atoms with Crippen LogP contribution in [0.15, 0.2) is 83.2 Å². The number of benzene rings is 3. The van der Waals surface area contributed by atoms with E-state index in [9.17, 15) is 22.8 Å². The lowest BCUT2D eigenvalue weighted by Gasteiger charge is -2.38. The number of para-hydroxylation sites is 1. The summed E-state index contributed by atoms with van der Waals surface area (Å²) in [4.78, 5) is 29.0. The van der Waals surface area contributed by atoms with Gasteiger partial charge in [0.1, 0.15) is 18.0 Å². The van der Waals surface area contributed by atoms with Gasteiger partial charge in [0.05, 0.1) is 18.0 Å². The van der Waals surface area contributed by atoms with Crippen LogP contribution in [0.5, 0.6) is 5.75 Å². The Bertz CT molecular complexity index is 1640. The van der Waals surface area contributed by atoms with Gasteiger partial charge in [-0.1, -0.05) is 48.5 Å². The van der Waals surface area contributed by atoms with Gasteiger partial charge in [0.15, 0.2) is 29.1 Å². The Labute approximate surface area is 250 Å². The molecule has 3 aromatic rings. The Hall–Kier alpha value is -4.51. The van der Waals surface area contributed by atoms with Gasteiger partial charge < -0.3 is 14.8 Å². The first-order valence-corrected chi connectivity index (χ1v) is 13.8. The second kappa shape index (κ2) is 12.2. The van der Waals surface area contributed by atoms with Crippen molar-refractivity contribution in [1.29, 1.82) is 0 Å². The van der Waals surface area contributed by atoms with Crippen molar-refractivity contribution < 1.29 is 41.0 Å². The fraction of sp³-hybridized carbons (Fsp3) is 0.273. The van der Waals surface area contributed by atoms with Gasteiger partial charge in [-0.15, -0.1) is 0 Å². The topological polar surface area (TPSA) is 67.9 Å². The zero-order valence-electron chi connectivity index (χ0n) is 24.1. The van der Waals surface area contributed by atoms with E-state index >= 15 is 8.78 Å². The summed E-state index contributed by atoms with van der Waals surface area (Å²) < 4.78 is 85.1. The number of nitrogens with one attached hydrogen (secondary N) is 1. The van der Waals surface area contributed by atoms with E-state index in [4.69, 9.17) is 9.47 Å². The molecule has 44 heavy (non-hydrogen) atoms. The lowest BCUT2D eigenvalue weighted by Crippen LogP contribution is -2.46. The number of nitrogens with zero attached hydrogens (tertiary/aromatic N) is 1. The van der Waals surface area contributed by atoms with Crippen molar-refractivity contribution in [3.8, 4) is 5.75 Å². The van der Waals surface area contributed by atoms with Crippen molar-refractivity contribution in [2.45, 2.75) is 38.8 Å². The molecule has 0 fully saturated rings. The highest BCUT2D eigenvalue weighted by Gasteiger charge is 2.45. The van der Waals surface area contributed by atoms with Crippen LogP contribution >= 0.6 is 0 Å². The third-order valence-corrected chi connectivity index (χ3v) is 7.38. The number of hydrogen-bond donors (Lipinski definition) is 1. The highest BCUT2D eigenvalue weighted by Crippen LogP contribution is 2.44. The Balaban J connectivity index is 1.53. The molecule has 1 N–H and O–H groups in total. The summed E-state index contributed by atoms with van der Waals surface area (Å²) in [5, 5.41) is 2.97. The average Bonchev–Trinajstić information content (AvgIpc) is 2.98. The van der Waals surface area contributed by atoms with Crippen LogP contribution in [0, 0.1) is 29.1 Å². The SMILES string of the molecule is CC1=C(C(=O)OCC(C)(C)Oc2ccccc2)C(c2c(F)c(F)c(F)c(F)c2F)C2=C(CN(Cc3ccccc3)CC2=O)N1. The van der Waals surface area contributed by atoms with Gasteiger partial charge >= 0.3 is 5.97 Å². The maximum Gasteiger partial charge on any atom is 0.336 e. The van der Waals surface area contributed by atoms with E-state index < -0.39 is 63.5 Å². The molecular weight excluding hydrogens is 583 g/mol. The summed E-state index contributed by atoms with van der Waals surface area (Å²) in [5.41, 5.74) is -1.97. The predicted molar refractivity (Wildman–Crippen MR) is 151 cm³/mol. The lowest BCUT2D eigenvalue weighted by atomic mass is 9.76. The molecule has 6 nitrogen and oxygen atoms in total. The van der Waals surface area contributed by atoms with Crippen LogP contribution in [0.25, 0.3) is 0 Å². The standard InChI is InChI=1S/C33H29F5N2O4/c1-18-23(32(42)43-17-33(2,3)44-20-12-8-5-9-13-20)25(26-27(34)29(36)31(38)30(37)28(26)35)24-21(39-18)15-40(16-22(24)41)14-19-10-6-4-7-11-19/h4-13,25,39H,14-17H2,1-3H3. The molecule has 2 heterocycles. The first-order chi connectivity index (χ1) is 20.9. The Morgan fingerprint density at radius 1 is 0.886 bits per heavy atom. The first kappa shape index (κ1) is 30.9. The fourth-order valence-electron chi connectivity index (χ4n) is 5.46. The van der Waals surface area contributed by atoms with E-state index in [0.29, 0.717) is 12.3 Å². The van der Waals surface area contributed by atoms with Gasteiger partial charge in [-0.25, -0.2) is 26.7 Å². The number of rotatable bonds is 8. The predicted octanol–water partition coefficient (Wildman–Crippen LogP) is 6.08. The van der Waals surface area contributed by atoms with Gasteiger partial charge in [0.2, 0.25) is 5.82 Å². The summed E-state index contributed by atoms with van der Waals surface area (Å²) in [5.74, 6) is -14.2. The van der Waals surface area contributed by atoms with E-state index in [-0.39, 0.29) is 36.7 Å². The lowest BCUT2D eigenvalue weighted by molar-refractivity contribution is -0.144. The molecule has 3 aromatic carbocycles.